The molecule has 1 saturated carbocycles. The molecule has 1 fully saturated rings. The number of nitrogens with zero attached hydrogens (tertiary/aromatic N) is 1. The van der Waals surface area contributed by atoms with E-state index in [1.165, 1.54) is 6.42 Å². The summed E-state index contributed by atoms with van der Waals surface area (Å²) < 4.78 is 6.97. The zero-order chi connectivity index (χ0) is 20.6. The predicted molar refractivity (Wildman–Crippen MR) is 118 cm³/mol. The Labute approximate surface area is 180 Å². The maximum atomic E-state index is 12.7. The number of carbonyl (C=O) groups excluding carboxylic acids is 1. The number of ether oxygens (including phenoxy) is 1. The number of carbonyl (C=O) groups is 1. The predicted octanol–water partition coefficient (Wildman–Crippen LogP) is 5.63. The first-order chi connectivity index (χ1) is 14.1. The average Bonchev–Trinajstić information content (AvgIpc) is 2.74. The van der Waals surface area contributed by atoms with Crippen LogP contribution in [-0.4, -0.2) is 11.9 Å². The third-order valence-electron chi connectivity index (χ3n) is 5.32. The summed E-state index contributed by atoms with van der Waals surface area (Å²) in [6, 6.07) is 17.5. The fourth-order valence-corrected chi connectivity index (χ4v) is 3.82. The summed E-state index contributed by atoms with van der Waals surface area (Å²) in [6.45, 7) is 2.57. The van der Waals surface area contributed by atoms with Gasteiger partial charge in [-0.25, -0.2) is 0 Å². The van der Waals surface area contributed by atoms with Crippen molar-refractivity contribution in [1.82, 2.24) is 5.32 Å². The quantitative estimate of drug-likeness (QED) is 0.456. The van der Waals surface area contributed by atoms with Crippen LogP contribution in [0.2, 0.25) is 0 Å². The lowest BCUT2D eigenvalue weighted by atomic mass is 9.86. The van der Waals surface area contributed by atoms with Gasteiger partial charge in [0.2, 0.25) is 0 Å². The summed E-state index contributed by atoms with van der Waals surface area (Å²) in [7, 11) is 0. The Morgan fingerprint density at radius 1 is 1.21 bits per heavy atom. The van der Waals surface area contributed by atoms with Gasteiger partial charge in [0.15, 0.2) is 0 Å². The number of halogens is 1. The lowest BCUT2D eigenvalue weighted by Crippen LogP contribution is -2.41. The van der Waals surface area contributed by atoms with E-state index >= 15 is 0 Å². The standard InChI is InChI=1S/C24H25BrN2O2/c1-17-6-2-4-8-22(17)27-24(28)20(15-26)14-19-7-3-5-9-23(19)29-16-18-10-12-21(25)13-11-18/h3,5,7,9-14,17,22H,2,4,6,8,16H2,1H3,(H,27,28)/b20-14+/t17-,22+/m1/s1. The second-order valence-corrected chi connectivity index (χ2v) is 8.38. The van der Waals surface area contributed by atoms with E-state index < -0.39 is 0 Å². The minimum atomic E-state index is -0.311. The van der Waals surface area contributed by atoms with Gasteiger partial charge in [-0.3, -0.25) is 4.79 Å². The molecule has 0 aliphatic heterocycles. The number of benzene rings is 2. The summed E-state index contributed by atoms with van der Waals surface area (Å²) in [4.78, 5) is 12.7. The van der Waals surface area contributed by atoms with Gasteiger partial charge in [-0.2, -0.15) is 5.26 Å². The van der Waals surface area contributed by atoms with Crippen molar-refractivity contribution in [3.05, 3.63) is 69.7 Å². The SMILES string of the molecule is C[C@@H]1CCCC[C@@H]1NC(=O)/C(C#N)=C/c1ccccc1OCc1ccc(Br)cc1. The molecule has 2 aromatic carbocycles. The molecule has 29 heavy (non-hydrogen) atoms. The van der Waals surface area contributed by atoms with Gasteiger partial charge in [0.05, 0.1) is 0 Å². The van der Waals surface area contributed by atoms with Crippen molar-refractivity contribution in [1.29, 1.82) is 5.26 Å². The first-order valence-electron chi connectivity index (χ1n) is 9.95. The molecule has 0 unspecified atom stereocenters. The van der Waals surface area contributed by atoms with Crippen molar-refractivity contribution in [3.8, 4) is 11.8 Å². The van der Waals surface area contributed by atoms with Crippen LogP contribution in [0.25, 0.3) is 6.08 Å². The molecule has 0 bridgehead atoms. The molecule has 5 heteroatoms. The maximum absolute atomic E-state index is 12.7. The monoisotopic (exact) mass is 452 g/mol. The summed E-state index contributed by atoms with van der Waals surface area (Å²) in [5, 5.41) is 12.6. The topological polar surface area (TPSA) is 62.1 Å². The molecule has 4 nitrogen and oxygen atoms in total. The summed E-state index contributed by atoms with van der Waals surface area (Å²) in [5.74, 6) is 0.769. The van der Waals surface area contributed by atoms with Gasteiger partial charge in [0.1, 0.15) is 24.0 Å². The normalized spacial score (nSPS) is 19.3. The third kappa shape index (κ3) is 5.95. The Morgan fingerprint density at radius 2 is 1.93 bits per heavy atom. The second kappa shape index (κ2) is 10.3. The zero-order valence-corrected chi connectivity index (χ0v) is 18.1. The van der Waals surface area contributed by atoms with Crippen LogP contribution < -0.4 is 10.1 Å². The minimum Gasteiger partial charge on any atom is -0.488 e. The summed E-state index contributed by atoms with van der Waals surface area (Å²) in [6.07, 6.45) is 6.02. The summed E-state index contributed by atoms with van der Waals surface area (Å²) in [5.41, 5.74) is 1.85. The van der Waals surface area contributed by atoms with E-state index in [1.54, 1.807) is 6.08 Å². The number of hydrogen-bond acceptors (Lipinski definition) is 3. The molecule has 2 aromatic rings. The molecular weight excluding hydrogens is 428 g/mol. The lowest BCUT2D eigenvalue weighted by Gasteiger charge is -2.29. The Kier molecular flexibility index (Phi) is 7.48. The highest BCUT2D eigenvalue weighted by molar-refractivity contribution is 9.10. The Hall–Kier alpha value is -2.58. The number of nitrogens with one attached hydrogen (secondary N) is 1. The van der Waals surface area contributed by atoms with Crippen LogP contribution in [0, 0.1) is 17.2 Å². The van der Waals surface area contributed by atoms with E-state index in [4.69, 9.17) is 4.74 Å². The number of rotatable bonds is 6. The van der Waals surface area contributed by atoms with E-state index in [0.29, 0.717) is 23.8 Å². The molecule has 1 N–H and O–H groups in total. The first kappa shape index (κ1) is 21.1. The summed E-state index contributed by atoms with van der Waals surface area (Å²) >= 11 is 3.42. The van der Waals surface area contributed by atoms with Gasteiger partial charge in [0.25, 0.3) is 5.91 Å². The number of amides is 1. The molecule has 2 atom stereocenters. The van der Waals surface area contributed by atoms with Crippen LogP contribution in [0.3, 0.4) is 0 Å². The van der Waals surface area contributed by atoms with Crippen LogP contribution in [0.15, 0.2) is 58.6 Å². The van der Waals surface area contributed by atoms with Crippen molar-refractivity contribution in [2.24, 2.45) is 5.92 Å². The molecule has 1 aliphatic rings. The highest BCUT2D eigenvalue weighted by Crippen LogP contribution is 2.25. The second-order valence-electron chi connectivity index (χ2n) is 7.46. The van der Waals surface area contributed by atoms with Crippen molar-refractivity contribution >= 4 is 27.9 Å². The van der Waals surface area contributed by atoms with E-state index in [0.717, 1.165) is 29.3 Å². The van der Waals surface area contributed by atoms with Gasteiger partial charge in [0, 0.05) is 16.1 Å². The van der Waals surface area contributed by atoms with Crippen molar-refractivity contribution in [2.75, 3.05) is 0 Å². The minimum absolute atomic E-state index is 0.0995. The molecule has 0 aromatic heterocycles. The molecular formula is C24H25BrN2O2. The van der Waals surface area contributed by atoms with Crippen LogP contribution in [0.1, 0.15) is 43.7 Å². The van der Waals surface area contributed by atoms with Crippen LogP contribution in [-0.2, 0) is 11.4 Å². The Balaban J connectivity index is 1.72. The number of nitriles is 1. The first-order valence-corrected chi connectivity index (χ1v) is 10.7. The van der Waals surface area contributed by atoms with E-state index in [1.807, 2.05) is 48.5 Å². The van der Waals surface area contributed by atoms with Crippen LogP contribution in [0.4, 0.5) is 0 Å². The molecule has 0 saturated heterocycles. The molecule has 0 radical (unpaired) electrons. The fourth-order valence-electron chi connectivity index (χ4n) is 3.55. The Bertz CT molecular complexity index is 915. The highest BCUT2D eigenvalue weighted by Gasteiger charge is 2.24. The zero-order valence-electron chi connectivity index (χ0n) is 16.5. The lowest BCUT2D eigenvalue weighted by molar-refractivity contribution is -0.118. The Morgan fingerprint density at radius 3 is 2.66 bits per heavy atom. The van der Waals surface area contributed by atoms with Gasteiger partial charge >= 0.3 is 0 Å². The van der Waals surface area contributed by atoms with Gasteiger partial charge in [-0.1, -0.05) is 66.0 Å². The van der Waals surface area contributed by atoms with Crippen LogP contribution in [0.5, 0.6) is 5.75 Å². The van der Waals surface area contributed by atoms with Gasteiger partial charge < -0.3 is 10.1 Å². The van der Waals surface area contributed by atoms with Gasteiger partial charge in [-0.15, -0.1) is 0 Å². The largest absolute Gasteiger partial charge is 0.488 e. The van der Waals surface area contributed by atoms with Gasteiger partial charge in [-0.05, 0) is 48.6 Å². The molecule has 1 amide bonds. The van der Waals surface area contributed by atoms with Crippen LogP contribution >= 0.6 is 15.9 Å². The maximum Gasteiger partial charge on any atom is 0.262 e. The van der Waals surface area contributed by atoms with E-state index in [2.05, 4.69) is 34.2 Å². The molecule has 0 heterocycles. The smallest absolute Gasteiger partial charge is 0.262 e. The van der Waals surface area contributed by atoms with E-state index in [9.17, 15) is 10.1 Å². The number of para-hydroxylation sites is 1. The van der Waals surface area contributed by atoms with Crippen molar-refractivity contribution in [3.63, 3.8) is 0 Å². The average molecular weight is 453 g/mol. The van der Waals surface area contributed by atoms with Crippen molar-refractivity contribution < 1.29 is 9.53 Å². The number of hydrogen-bond donors (Lipinski definition) is 1. The van der Waals surface area contributed by atoms with Crippen molar-refractivity contribution in [2.45, 2.75) is 45.3 Å². The van der Waals surface area contributed by atoms with E-state index in [-0.39, 0.29) is 17.5 Å². The molecule has 1 aliphatic carbocycles. The molecule has 3 rings (SSSR count). The fraction of sp³-hybridized carbons (Fsp3) is 0.333. The third-order valence-corrected chi connectivity index (χ3v) is 5.85. The molecule has 0 spiro atoms. The molecule has 150 valence electrons. The highest BCUT2D eigenvalue weighted by atomic mass is 79.9.